The first-order valence-corrected chi connectivity index (χ1v) is 7.74. The lowest BCUT2D eigenvalue weighted by atomic mass is 10.3. The van der Waals surface area contributed by atoms with Gasteiger partial charge in [-0.3, -0.25) is 15.6 Å². The van der Waals surface area contributed by atoms with Crippen molar-refractivity contribution in [1.82, 2.24) is 25.7 Å². The average molecular weight is 335 g/mol. The van der Waals surface area contributed by atoms with Crippen LogP contribution in [-0.4, -0.2) is 40.8 Å². The Bertz CT molecular complexity index is 686. The summed E-state index contributed by atoms with van der Waals surface area (Å²) in [5.41, 5.74) is 7.12. The molecule has 3 N–H and O–H groups in total. The molecule has 0 atom stereocenters. The molecule has 0 fully saturated rings. The molecule has 23 heavy (non-hydrogen) atoms. The molecule has 0 radical (unpaired) electrons. The summed E-state index contributed by atoms with van der Waals surface area (Å²) in [4.78, 5) is 16.4. The lowest BCUT2D eigenvalue weighted by Gasteiger charge is -2.11. The number of nitrogens with one attached hydrogen (secondary N) is 3. The molecule has 1 aromatic carbocycles. The fourth-order valence-corrected chi connectivity index (χ4v) is 2.28. The van der Waals surface area contributed by atoms with Crippen molar-refractivity contribution in [2.24, 2.45) is 7.05 Å². The van der Waals surface area contributed by atoms with Gasteiger partial charge >= 0.3 is 0 Å². The van der Waals surface area contributed by atoms with Crippen LogP contribution in [0.4, 0.5) is 0 Å². The number of benzene rings is 1. The Morgan fingerprint density at radius 1 is 1.35 bits per heavy atom. The van der Waals surface area contributed by atoms with Gasteiger partial charge in [-0.15, -0.1) is 0 Å². The molecule has 0 saturated heterocycles. The van der Waals surface area contributed by atoms with Gasteiger partial charge in [0, 0.05) is 27.3 Å². The minimum absolute atomic E-state index is 0.171. The standard InChI is InChI=1S/C15H21N5O2S/c1-20-12-7-4-3-6-11(12)17-13(20)10-14(21)18-19-15(23)16-8-5-9-22-2/h3-4,6-7H,5,8-10H2,1-2H3,(H,18,21)(H2,16,19,23). The van der Waals surface area contributed by atoms with E-state index in [9.17, 15) is 4.79 Å². The Morgan fingerprint density at radius 3 is 2.87 bits per heavy atom. The SMILES string of the molecule is COCCCNC(=S)NNC(=O)Cc1nc2ccccc2n1C. The number of hydrogen-bond donors (Lipinski definition) is 3. The molecule has 0 spiro atoms. The number of rotatable bonds is 6. The Kier molecular flexibility index (Phi) is 6.30. The number of nitrogens with zero attached hydrogens (tertiary/aromatic N) is 2. The van der Waals surface area contributed by atoms with E-state index in [-0.39, 0.29) is 12.3 Å². The number of aryl methyl sites for hydroxylation is 1. The molecular formula is C15H21N5O2S. The van der Waals surface area contributed by atoms with Gasteiger partial charge in [-0.1, -0.05) is 12.1 Å². The average Bonchev–Trinajstić information content (AvgIpc) is 2.86. The van der Waals surface area contributed by atoms with Gasteiger partial charge in [-0.2, -0.15) is 0 Å². The normalized spacial score (nSPS) is 10.5. The van der Waals surface area contributed by atoms with E-state index in [1.54, 1.807) is 7.11 Å². The Morgan fingerprint density at radius 2 is 2.13 bits per heavy atom. The summed E-state index contributed by atoms with van der Waals surface area (Å²) in [6, 6.07) is 7.77. The van der Waals surface area contributed by atoms with Gasteiger partial charge in [0.25, 0.3) is 0 Å². The molecule has 0 saturated carbocycles. The first-order valence-electron chi connectivity index (χ1n) is 7.33. The molecule has 8 heteroatoms. The van der Waals surface area contributed by atoms with Crippen LogP contribution in [0.25, 0.3) is 11.0 Å². The number of hydrogen-bond acceptors (Lipinski definition) is 4. The zero-order valence-electron chi connectivity index (χ0n) is 13.3. The molecule has 1 heterocycles. The Hall–Kier alpha value is -2.19. The Labute approximate surface area is 140 Å². The van der Waals surface area contributed by atoms with Crippen LogP contribution in [0.5, 0.6) is 0 Å². The minimum Gasteiger partial charge on any atom is -0.385 e. The number of imidazole rings is 1. The van der Waals surface area contributed by atoms with Gasteiger partial charge in [0.2, 0.25) is 5.91 Å². The number of methoxy groups -OCH3 is 1. The number of hydrazine groups is 1. The number of aromatic nitrogens is 2. The highest BCUT2D eigenvalue weighted by atomic mass is 32.1. The second-order valence-electron chi connectivity index (χ2n) is 5.03. The van der Waals surface area contributed by atoms with E-state index in [1.807, 2.05) is 35.9 Å². The number of fused-ring (bicyclic) bond motifs is 1. The highest BCUT2D eigenvalue weighted by Crippen LogP contribution is 2.14. The van der Waals surface area contributed by atoms with Gasteiger partial charge < -0.3 is 14.6 Å². The molecule has 0 bridgehead atoms. The van der Waals surface area contributed by atoms with Crippen LogP contribution in [0.15, 0.2) is 24.3 Å². The summed E-state index contributed by atoms with van der Waals surface area (Å²) >= 11 is 5.07. The topological polar surface area (TPSA) is 80.2 Å². The van der Waals surface area contributed by atoms with E-state index < -0.39 is 0 Å². The number of thiocarbonyl (C=S) groups is 1. The van der Waals surface area contributed by atoms with Gasteiger partial charge in [-0.05, 0) is 30.8 Å². The monoisotopic (exact) mass is 335 g/mol. The summed E-state index contributed by atoms with van der Waals surface area (Å²) in [5.74, 6) is 0.494. The first-order chi connectivity index (χ1) is 11.1. The molecule has 0 aliphatic carbocycles. The third-order valence-electron chi connectivity index (χ3n) is 3.32. The molecule has 2 aromatic rings. The van der Waals surface area contributed by atoms with Crippen LogP contribution in [-0.2, 0) is 23.0 Å². The van der Waals surface area contributed by atoms with Crippen molar-refractivity contribution in [1.29, 1.82) is 0 Å². The van der Waals surface area contributed by atoms with Crippen molar-refractivity contribution in [2.45, 2.75) is 12.8 Å². The second-order valence-corrected chi connectivity index (χ2v) is 5.44. The largest absolute Gasteiger partial charge is 0.385 e. The number of para-hydroxylation sites is 2. The van der Waals surface area contributed by atoms with E-state index in [0.717, 1.165) is 17.5 Å². The van der Waals surface area contributed by atoms with Crippen LogP contribution < -0.4 is 16.2 Å². The van der Waals surface area contributed by atoms with Crippen LogP contribution >= 0.6 is 12.2 Å². The zero-order chi connectivity index (χ0) is 16.7. The molecule has 0 aliphatic rings. The third-order valence-corrected chi connectivity index (χ3v) is 3.57. The van der Waals surface area contributed by atoms with E-state index in [4.69, 9.17) is 17.0 Å². The quantitative estimate of drug-likeness (QED) is 0.409. The van der Waals surface area contributed by atoms with Crippen molar-refractivity contribution < 1.29 is 9.53 Å². The fourth-order valence-electron chi connectivity index (χ4n) is 2.13. The summed E-state index contributed by atoms with van der Waals surface area (Å²) in [5, 5.41) is 3.35. The molecule has 0 aliphatic heterocycles. The maximum atomic E-state index is 12.0. The van der Waals surface area contributed by atoms with E-state index in [0.29, 0.717) is 24.1 Å². The van der Waals surface area contributed by atoms with E-state index >= 15 is 0 Å². The predicted octanol–water partition coefficient (Wildman–Crippen LogP) is 0.648. The third kappa shape index (κ3) is 4.90. The first kappa shape index (κ1) is 17.2. The lowest BCUT2D eigenvalue weighted by molar-refractivity contribution is -0.121. The highest BCUT2D eigenvalue weighted by molar-refractivity contribution is 7.80. The highest BCUT2D eigenvalue weighted by Gasteiger charge is 2.11. The molecule has 1 aromatic heterocycles. The maximum absolute atomic E-state index is 12.0. The Balaban J connectivity index is 1.80. The summed E-state index contributed by atoms with van der Waals surface area (Å²) in [6.45, 7) is 1.34. The smallest absolute Gasteiger partial charge is 0.245 e. The van der Waals surface area contributed by atoms with Gasteiger partial charge in [0.05, 0.1) is 17.5 Å². The number of ether oxygens (including phenoxy) is 1. The van der Waals surface area contributed by atoms with Crippen molar-refractivity contribution in [3.63, 3.8) is 0 Å². The second kappa shape index (κ2) is 8.44. The summed E-state index contributed by atoms with van der Waals surface area (Å²) < 4.78 is 6.85. The fraction of sp³-hybridized carbons (Fsp3) is 0.400. The van der Waals surface area contributed by atoms with E-state index in [1.165, 1.54) is 0 Å². The van der Waals surface area contributed by atoms with Crippen LogP contribution in [0.3, 0.4) is 0 Å². The van der Waals surface area contributed by atoms with Crippen LogP contribution in [0.1, 0.15) is 12.2 Å². The lowest BCUT2D eigenvalue weighted by Crippen LogP contribution is -2.47. The predicted molar refractivity (Wildman–Crippen MR) is 92.8 cm³/mol. The number of amides is 1. The molecular weight excluding hydrogens is 314 g/mol. The van der Waals surface area contributed by atoms with Gasteiger partial charge in [0.1, 0.15) is 5.82 Å². The zero-order valence-corrected chi connectivity index (χ0v) is 14.1. The van der Waals surface area contributed by atoms with Crippen molar-refractivity contribution in [3.8, 4) is 0 Å². The van der Waals surface area contributed by atoms with Crippen LogP contribution in [0, 0.1) is 0 Å². The maximum Gasteiger partial charge on any atom is 0.245 e. The summed E-state index contributed by atoms with van der Waals surface area (Å²) in [6.07, 6.45) is 1.01. The molecule has 1 amide bonds. The van der Waals surface area contributed by atoms with Crippen molar-refractivity contribution in [3.05, 3.63) is 30.1 Å². The number of carbonyl (C=O) groups excluding carboxylic acids is 1. The molecule has 7 nitrogen and oxygen atoms in total. The number of carbonyl (C=O) groups is 1. The molecule has 2 rings (SSSR count). The molecule has 124 valence electrons. The van der Waals surface area contributed by atoms with Crippen molar-refractivity contribution in [2.75, 3.05) is 20.3 Å². The van der Waals surface area contributed by atoms with Gasteiger partial charge in [-0.25, -0.2) is 4.98 Å². The van der Waals surface area contributed by atoms with E-state index in [2.05, 4.69) is 21.2 Å². The minimum atomic E-state index is -0.204. The summed E-state index contributed by atoms with van der Waals surface area (Å²) in [7, 11) is 3.55. The van der Waals surface area contributed by atoms with Crippen molar-refractivity contribution >= 4 is 34.3 Å². The van der Waals surface area contributed by atoms with Crippen LogP contribution in [0.2, 0.25) is 0 Å². The van der Waals surface area contributed by atoms with Gasteiger partial charge in [0.15, 0.2) is 5.11 Å². The molecule has 0 unspecified atom stereocenters.